The third-order valence-electron chi connectivity index (χ3n) is 4.63. The number of nitrogens with zero attached hydrogens (tertiary/aromatic N) is 1. The van der Waals surface area contributed by atoms with Crippen LogP contribution in [0.3, 0.4) is 0 Å². The van der Waals surface area contributed by atoms with Crippen molar-refractivity contribution in [2.45, 2.75) is 13.5 Å². The highest BCUT2D eigenvalue weighted by molar-refractivity contribution is 6.30. The third kappa shape index (κ3) is 6.61. The monoisotopic (exact) mass is 475 g/mol. The zero-order valence-corrected chi connectivity index (χ0v) is 19.0. The van der Waals surface area contributed by atoms with Crippen LogP contribution in [0.2, 0.25) is 5.02 Å². The summed E-state index contributed by atoms with van der Waals surface area (Å²) in [6.45, 7) is 2.40. The predicted molar refractivity (Wildman–Crippen MR) is 126 cm³/mol. The molecule has 0 atom stereocenters. The van der Waals surface area contributed by atoms with Gasteiger partial charge in [0.05, 0.1) is 12.6 Å². The maximum Gasteiger partial charge on any atom is 0.266 e. The lowest BCUT2D eigenvalue weighted by molar-refractivity contribution is -0.255. The first-order chi connectivity index (χ1) is 16.4. The second kappa shape index (κ2) is 11.5. The summed E-state index contributed by atoms with van der Waals surface area (Å²) in [5.74, 6) is -0.887. The number of nitrogens with one attached hydrogen (secondary N) is 1. The molecular formula is C26H20ClN2O5-. The van der Waals surface area contributed by atoms with Gasteiger partial charge >= 0.3 is 0 Å². The van der Waals surface area contributed by atoms with Gasteiger partial charge < -0.3 is 24.7 Å². The lowest BCUT2D eigenvalue weighted by Crippen LogP contribution is -2.22. The van der Waals surface area contributed by atoms with Gasteiger partial charge in [-0.1, -0.05) is 41.9 Å². The molecule has 34 heavy (non-hydrogen) atoms. The first-order valence-corrected chi connectivity index (χ1v) is 10.7. The molecule has 0 aliphatic carbocycles. The molecule has 1 N–H and O–H groups in total. The summed E-state index contributed by atoms with van der Waals surface area (Å²) in [6, 6.07) is 19.7. The number of carboxylic acids is 1. The standard InChI is InChI=1S/C26H21ClN2O5/c1-2-33-24-14-18(13-20(15-28)25(30)29-22-10-8-21(27)9-11-22)5-12-23(24)34-16-17-3-6-19(7-4-17)26(31)32/h3-14H,2,16H2,1H3,(H,29,30)(H,31,32)/p-1/b20-13+. The molecule has 0 saturated heterocycles. The second-order valence-electron chi connectivity index (χ2n) is 7.04. The number of benzene rings is 3. The molecular weight excluding hydrogens is 456 g/mol. The Labute approximate surface area is 201 Å². The van der Waals surface area contributed by atoms with Crippen LogP contribution in [-0.2, 0) is 11.4 Å². The molecule has 1 amide bonds. The van der Waals surface area contributed by atoms with Gasteiger partial charge in [0.15, 0.2) is 11.5 Å². The van der Waals surface area contributed by atoms with E-state index in [0.717, 1.165) is 5.56 Å². The molecule has 0 unspecified atom stereocenters. The lowest BCUT2D eigenvalue weighted by atomic mass is 10.1. The fourth-order valence-corrected chi connectivity index (χ4v) is 3.07. The van der Waals surface area contributed by atoms with Crippen LogP contribution >= 0.6 is 11.6 Å². The smallest absolute Gasteiger partial charge is 0.266 e. The zero-order chi connectivity index (χ0) is 24.5. The molecule has 3 aromatic carbocycles. The number of carbonyl (C=O) groups is 2. The molecule has 0 aliphatic heterocycles. The van der Waals surface area contributed by atoms with Crippen LogP contribution < -0.4 is 19.9 Å². The number of nitriles is 1. The molecule has 0 fully saturated rings. The van der Waals surface area contributed by atoms with Gasteiger partial charge in [-0.05, 0) is 66.1 Å². The summed E-state index contributed by atoms with van der Waals surface area (Å²) in [7, 11) is 0. The van der Waals surface area contributed by atoms with Crippen molar-refractivity contribution in [2.24, 2.45) is 0 Å². The fourth-order valence-electron chi connectivity index (χ4n) is 2.95. The zero-order valence-electron chi connectivity index (χ0n) is 18.2. The van der Waals surface area contributed by atoms with E-state index in [-0.39, 0.29) is 17.7 Å². The molecule has 0 aliphatic rings. The molecule has 0 spiro atoms. The van der Waals surface area contributed by atoms with Crippen molar-refractivity contribution in [2.75, 3.05) is 11.9 Å². The van der Waals surface area contributed by atoms with E-state index in [9.17, 15) is 20.0 Å². The minimum absolute atomic E-state index is 0.0842. The topological polar surface area (TPSA) is 111 Å². The van der Waals surface area contributed by atoms with Gasteiger partial charge in [-0.15, -0.1) is 0 Å². The average molecular weight is 476 g/mol. The van der Waals surface area contributed by atoms with Crippen LogP contribution in [0.25, 0.3) is 6.08 Å². The van der Waals surface area contributed by atoms with Crippen molar-refractivity contribution >= 4 is 35.2 Å². The Morgan fingerprint density at radius 1 is 1.03 bits per heavy atom. The number of carbonyl (C=O) groups excluding carboxylic acids is 2. The number of aromatic carboxylic acids is 1. The lowest BCUT2D eigenvalue weighted by Gasteiger charge is -2.13. The molecule has 172 valence electrons. The SMILES string of the molecule is CCOc1cc(/C=C(\C#N)C(=O)Nc2ccc(Cl)cc2)ccc1OCc1ccc(C(=O)[O-])cc1. The summed E-state index contributed by atoms with van der Waals surface area (Å²) in [4.78, 5) is 23.4. The number of ether oxygens (including phenoxy) is 2. The van der Waals surface area contributed by atoms with Gasteiger partial charge in [-0.25, -0.2) is 0 Å². The summed E-state index contributed by atoms with van der Waals surface area (Å²) in [6.07, 6.45) is 1.45. The van der Waals surface area contributed by atoms with Gasteiger partial charge in [-0.2, -0.15) is 5.26 Å². The highest BCUT2D eigenvalue weighted by Gasteiger charge is 2.12. The predicted octanol–water partition coefficient (Wildman–Crippen LogP) is 4.23. The van der Waals surface area contributed by atoms with Gasteiger partial charge in [0.2, 0.25) is 0 Å². The second-order valence-corrected chi connectivity index (χ2v) is 7.48. The first kappa shape index (κ1) is 24.4. The van der Waals surface area contributed by atoms with E-state index in [2.05, 4.69) is 5.32 Å². The van der Waals surface area contributed by atoms with Crippen molar-refractivity contribution in [1.29, 1.82) is 5.26 Å². The molecule has 3 aromatic rings. The number of carboxylic acid groups (broad SMARTS) is 1. The van der Waals surface area contributed by atoms with E-state index in [1.54, 1.807) is 54.6 Å². The van der Waals surface area contributed by atoms with Gasteiger partial charge in [0, 0.05) is 10.7 Å². The van der Waals surface area contributed by atoms with Crippen LogP contribution in [-0.4, -0.2) is 18.5 Å². The third-order valence-corrected chi connectivity index (χ3v) is 4.88. The maximum atomic E-state index is 12.5. The van der Waals surface area contributed by atoms with Crippen LogP contribution in [0.5, 0.6) is 11.5 Å². The van der Waals surface area contributed by atoms with Crippen LogP contribution in [0.15, 0.2) is 72.3 Å². The van der Waals surface area contributed by atoms with Crippen LogP contribution in [0, 0.1) is 11.3 Å². The quantitative estimate of drug-likeness (QED) is 0.366. The average Bonchev–Trinajstić information content (AvgIpc) is 2.83. The van der Waals surface area contributed by atoms with Gasteiger partial charge in [0.25, 0.3) is 5.91 Å². The summed E-state index contributed by atoms with van der Waals surface area (Å²) in [5, 5.41) is 23.5. The van der Waals surface area contributed by atoms with E-state index < -0.39 is 11.9 Å². The number of hydrogen-bond acceptors (Lipinski definition) is 6. The normalized spacial score (nSPS) is 10.8. The van der Waals surface area contributed by atoms with Crippen LogP contribution in [0.1, 0.15) is 28.4 Å². The Morgan fingerprint density at radius 2 is 1.74 bits per heavy atom. The summed E-state index contributed by atoms with van der Waals surface area (Å²) in [5.41, 5.74) is 1.86. The van der Waals surface area contributed by atoms with Crippen molar-refractivity contribution in [1.82, 2.24) is 0 Å². The fraction of sp³-hybridized carbons (Fsp3) is 0.115. The van der Waals surface area contributed by atoms with Crippen molar-refractivity contribution in [3.05, 3.63) is 94.0 Å². The molecule has 3 rings (SSSR count). The first-order valence-electron chi connectivity index (χ1n) is 10.3. The number of anilines is 1. The molecule has 7 nitrogen and oxygen atoms in total. The maximum absolute atomic E-state index is 12.5. The highest BCUT2D eigenvalue weighted by atomic mass is 35.5. The van der Waals surface area contributed by atoms with Crippen molar-refractivity contribution in [3.63, 3.8) is 0 Å². The van der Waals surface area contributed by atoms with Crippen molar-refractivity contribution in [3.8, 4) is 17.6 Å². The highest BCUT2D eigenvalue weighted by Crippen LogP contribution is 2.30. The van der Waals surface area contributed by atoms with E-state index in [0.29, 0.717) is 34.4 Å². The number of halogens is 1. The Morgan fingerprint density at radius 3 is 2.35 bits per heavy atom. The molecule has 0 radical (unpaired) electrons. The van der Waals surface area contributed by atoms with E-state index >= 15 is 0 Å². The summed E-state index contributed by atoms with van der Waals surface area (Å²) >= 11 is 5.85. The number of rotatable bonds is 9. The molecule has 0 aromatic heterocycles. The van der Waals surface area contributed by atoms with Gasteiger partial charge in [0.1, 0.15) is 18.2 Å². The van der Waals surface area contributed by atoms with Gasteiger partial charge in [-0.3, -0.25) is 4.79 Å². The Bertz CT molecular complexity index is 1250. The Balaban J connectivity index is 1.75. The minimum Gasteiger partial charge on any atom is -0.545 e. The largest absolute Gasteiger partial charge is 0.545 e. The Hall–Kier alpha value is -4.28. The van der Waals surface area contributed by atoms with E-state index in [1.165, 1.54) is 18.2 Å². The molecule has 0 saturated carbocycles. The molecule has 8 heteroatoms. The van der Waals surface area contributed by atoms with Crippen LogP contribution in [0.4, 0.5) is 5.69 Å². The Kier molecular flexibility index (Phi) is 8.27. The number of hydrogen-bond donors (Lipinski definition) is 1. The summed E-state index contributed by atoms with van der Waals surface area (Å²) < 4.78 is 11.5. The van der Waals surface area contributed by atoms with Crippen molar-refractivity contribution < 1.29 is 24.2 Å². The molecule has 0 heterocycles. The molecule has 0 bridgehead atoms. The number of amides is 1. The van der Waals surface area contributed by atoms with E-state index in [4.69, 9.17) is 21.1 Å². The van der Waals surface area contributed by atoms with E-state index in [1.807, 2.05) is 13.0 Å². The minimum atomic E-state index is -1.24.